The van der Waals surface area contributed by atoms with Gasteiger partial charge in [0.2, 0.25) is 11.8 Å². The van der Waals surface area contributed by atoms with Gasteiger partial charge in [0.25, 0.3) is 0 Å². The molecule has 0 radical (unpaired) electrons. The monoisotopic (exact) mass is 902 g/mol. The number of hydrogen-bond acceptors (Lipinski definition) is 7. The number of nitrogens with zero attached hydrogens (tertiary/aromatic N) is 2. The van der Waals surface area contributed by atoms with Gasteiger partial charge in [-0.25, -0.2) is 4.79 Å². The number of anilines is 4. The van der Waals surface area contributed by atoms with E-state index in [0.717, 1.165) is 11.1 Å². The van der Waals surface area contributed by atoms with Crippen molar-refractivity contribution >= 4 is 87.6 Å². The molecule has 0 bridgehead atoms. The molecule has 16 heteroatoms. The van der Waals surface area contributed by atoms with Crippen LogP contribution in [0.1, 0.15) is 115 Å². The first kappa shape index (κ1) is 50.3. The molecule has 0 saturated carbocycles. The number of benzene rings is 2. The SMILES string of the molecule is C=C(CCN)c1c(NC(=O)CCCCN=C(N)N)cc(C(C)(C)C)cc1NC(=O)Nc1cc(C(C)(C)C)cc(NC(=O)CCCCN=C(N)N)c1C(=C)CCN.I. The van der Waals surface area contributed by atoms with Crippen molar-refractivity contribution in [2.24, 2.45) is 44.4 Å². The number of hydrogen-bond donors (Lipinski definition) is 10. The second kappa shape index (κ2) is 23.5. The van der Waals surface area contributed by atoms with Gasteiger partial charge in [0.1, 0.15) is 0 Å². The van der Waals surface area contributed by atoms with Gasteiger partial charge in [0.15, 0.2) is 11.9 Å². The standard InChI is InChI=1S/C41H66N12O3.HI/c1-25(15-17-42)35-29(50-33(54)13-9-11-19-48-37(44)45)21-27(40(3,4)5)23-31(35)52-39(56)53-32-24-28(41(6,7)8)22-30(36(32)26(2)16-18-43)51-34(55)14-10-12-20-49-38(46)47;/h21-24H,1-2,9-20,42-43H2,3-8H3,(H,50,54)(H,51,55)(H4,44,45,48)(H4,46,47,49)(H2,52,53,56);1H. The Morgan fingerprint density at radius 2 is 0.877 bits per heavy atom. The molecular formula is C41H67IN12O3. The van der Waals surface area contributed by atoms with E-state index in [4.69, 9.17) is 34.4 Å². The molecule has 0 aliphatic heterocycles. The van der Waals surface area contributed by atoms with Crippen molar-refractivity contribution in [3.8, 4) is 0 Å². The molecule has 0 atom stereocenters. The minimum Gasteiger partial charge on any atom is -0.370 e. The van der Waals surface area contributed by atoms with Crippen LogP contribution in [0.25, 0.3) is 11.1 Å². The normalized spacial score (nSPS) is 11.1. The molecule has 0 aliphatic rings. The first-order valence-electron chi connectivity index (χ1n) is 19.1. The zero-order chi connectivity index (χ0) is 42.2. The molecule has 2 aromatic carbocycles. The lowest BCUT2D eigenvalue weighted by Gasteiger charge is -2.27. The number of guanidine groups is 2. The van der Waals surface area contributed by atoms with Crippen LogP contribution in [0.2, 0.25) is 0 Å². The predicted octanol–water partition coefficient (Wildman–Crippen LogP) is 6.03. The molecule has 2 rings (SSSR count). The Bertz CT molecular complexity index is 1660. The summed E-state index contributed by atoms with van der Waals surface area (Å²) in [4.78, 5) is 48.6. The smallest absolute Gasteiger partial charge is 0.323 e. The van der Waals surface area contributed by atoms with Crippen LogP contribution >= 0.6 is 24.0 Å². The summed E-state index contributed by atoms with van der Waals surface area (Å²) in [6.07, 6.45) is 3.72. The second-order valence-corrected chi connectivity index (χ2v) is 15.9. The lowest BCUT2D eigenvalue weighted by atomic mass is 9.84. The third kappa shape index (κ3) is 17.1. The Morgan fingerprint density at radius 3 is 1.16 bits per heavy atom. The van der Waals surface area contributed by atoms with Gasteiger partial charge >= 0.3 is 6.03 Å². The molecule has 15 nitrogen and oxygen atoms in total. The number of amides is 4. The highest BCUT2D eigenvalue weighted by Gasteiger charge is 2.25. The van der Waals surface area contributed by atoms with Crippen LogP contribution in [0.15, 0.2) is 47.4 Å². The van der Waals surface area contributed by atoms with Crippen molar-refractivity contribution in [1.82, 2.24) is 0 Å². The number of carbonyl (C=O) groups excluding carboxylic acids is 3. The number of aliphatic imine (C=N–C) groups is 2. The van der Waals surface area contributed by atoms with Crippen LogP contribution in [-0.2, 0) is 20.4 Å². The van der Waals surface area contributed by atoms with Crippen LogP contribution < -0.4 is 55.7 Å². The lowest BCUT2D eigenvalue weighted by Crippen LogP contribution is -2.24. The van der Waals surface area contributed by atoms with E-state index >= 15 is 0 Å². The van der Waals surface area contributed by atoms with E-state index in [9.17, 15) is 14.4 Å². The van der Waals surface area contributed by atoms with E-state index in [2.05, 4.69) is 44.4 Å². The van der Waals surface area contributed by atoms with E-state index in [-0.39, 0.29) is 71.4 Å². The van der Waals surface area contributed by atoms with Crippen LogP contribution in [0, 0.1) is 0 Å². The molecule has 2 aromatic rings. The minimum absolute atomic E-state index is 0. The van der Waals surface area contributed by atoms with E-state index in [1.165, 1.54) is 0 Å². The maximum atomic E-state index is 14.2. The van der Waals surface area contributed by atoms with E-state index in [0.29, 0.717) is 110 Å². The molecule has 16 N–H and O–H groups in total. The van der Waals surface area contributed by atoms with E-state index in [1.54, 1.807) is 0 Å². The fourth-order valence-electron chi connectivity index (χ4n) is 5.82. The fourth-order valence-corrected chi connectivity index (χ4v) is 5.82. The van der Waals surface area contributed by atoms with Gasteiger partial charge in [-0.05, 0) is 109 Å². The third-order valence-corrected chi connectivity index (χ3v) is 8.87. The number of urea groups is 1. The van der Waals surface area contributed by atoms with E-state index < -0.39 is 6.03 Å². The quantitative estimate of drug-likeness (QED) is 0.0321. The van der Waals surface area contributed by atoms with Crippen LogP contribution in [0.3, 0.4) is 0 Å². The van der Waals surface area contributed by atoms with Crippen LogP contribution in [-0.4, -0.2) is 55.9 Å². The van der Waals surface area contributed by atoms with Crippen molar-refractivity contribution in [3.63, 3.8) is 0 Å². The molecule has 0 spiro atoms. The third-order valence-electron chi connectivity index (χ3n) is 8.87. The summed E-state index contributed by atoms with van der Waals surface area (Å²) in [5.41, 5.74) is 39.0. The number of nitrogens with two attached hydrogens (primary N) is 6. The summed E-state index contributed by atoms with van der Waals surface area (Å²) in [5.74, 6) is -0.392. The first-order chi connectivity index (χ1) is 26.2. The summed E-state index contributed by atoms with van der Waals surface area (Å²) in [7, 11) is 0. The van der Waals surface area contributed by atoms with Gasteiger partial charge in [0, 0.05) is 37.1 Å². The summed E-state index contributed by atoms with van der Waals surface area (Å²) in [6.45, 7) is 22.3. The number of carbonyl (C=O) groups is 3. The fraction of sp³-hybridized carbons (Fsp3) is 0.488. The van der Waals surface area contributed by atoms with Crippen molar-refractivity contribution in [2.75, 3.05) is 47.4 Å². The van der Waals surface area contributed by atoms with Gasteiger partial charge in [-0.3, -0.25) is 19.6 Å². The van der Waals surface area contributed by atoms with Crippen LogP contribution in [0.5, 0.6) is 0 Å². The molecule has 0 saturated heterocycles. The first-order valence-corrected chi connectivity index (χ1v) is 19.1. The average Bonchev–Trinajstić information content (AvgIpc) is 3.06. The molecule has 316 valence electrons. The Kier molecular flexibility index (Phi) is 20.8. The molecule has 0 fully saturated rings. The van der Waals surface area contributed by atoms with Gasteiger partial charge in [-0.15, -0.1) is 24.0 Å². The van der Waals surface area contributed by atoms with Gasteiger partial charge in [-0.2, -0.15) is 0 Å². The van der Waals surface area contributed by atoms with Crippen LogP contribution in [0.4, 0.5) is 27.5 Å². The predicted molar refractivity (Wildman–Crippen MR) is 250 cm³/mol. The number of halogens is 1. The molecule has 0 heterocycles. The maximum Gasteiger partial charge on any atom is 0.323 e. The summed E-state index contributed by atoms with van der Waals surface area (Å²) in [6, 6.07) is 7.05. The molecule has 0 aliphatic carbocycles. The topological polar surface area (TPSA) is 280 Å². The van der Waals surface area contributed by atoms with Gasteiger partial charge in [0.05, 0.1) is 22.7 Å². The maximum absolute atomic E-state index is 14.2. The second-order valence-electron chi connectivity index (χ2n) is 15.9. The summed E-state index contributed by atoms with van der Waals surface area (Å²) in [5, 5.41) is 12.2. The summed E-state index contributed by atoms with van der Waals surface area (Å²) < 4.78 is 0. The zero-order valence-corrected chi connectivity index (χ0v) is 37.0. The average molecular weight is 903 g/mol. The zero-order valence-electron chi connectivity index (χ0n) is 34.7. The van der Waals surface area contributed by atoms with Gasteiger partial charge in [-0.1, -0.05) is 54.7 Å². The molecule has 57 heavy (non-hydrogen) atoms. The number of rotatable bonds is 20. The largest absolute Gasteiger partial charge is 0.370 e. The number of unbranched alkanes of at least 4 members (excludes halogenated alkanes) is 2. The van der Waals surface area contributed by atoms with Crippen molar-refractivity contribution in [3.05, 3.63) is 59.7 Å². The Hall–Kier alpha value is -4.68. The summed E-state index contributed by atoms with van der Waals surface area (Å²) >= 11 is 0. The van der Waals surface area contributed by atoms with Crippen molar-refractivity contribution in [1.29, 1.82) is 0 Å². The Morgan fingerprint density at radius 1 is 0.561 bits per heavy atom. The molecule has 0 aromatic heterocycles. The minimum atomic E-state index is -0.556. The highest BCUT2D eigenvalue weighted by molar-refractivity contribution is 14.0. The van der Waals surface area contributed by atoms with Gasteiger partial charge < -0.3 is 55.7 Å². The number of nitrogens with one attached hydrogen (secondary N) is 4. The molecule has 4 amide bonds. The lowest BCUT2D eigenvalue weighted by molar-refractivity contribution is -0.117. The highest BCUT2D eigenvalue weighted by Crippen LogP contribution is 2.40. The highest BCUT2D eigenvalue weighted by atomic mass is 127. The Labute approximate surface area is 355 Å². The molecule has 0 unspecified atom stereocenters. The van der Waals surface area contributed by atoms with Crippen molar-refractivity contribution < 1.29 is 14.4 Å². The van der Waals surface area contributed by atoms with E-state index in [1.807, 2.05) is 65.8 Å². The van der Waals surface area contributed by atoms with Crippen molar-refractivity contribution in [2.45, 2.75) is 104 Å². The Balaban J connectivity index is 0.0000162. The molecular weight excluding hydrogens is 835 g/mol.